The van der Waals surface area contributed by atoms with Gasteiger partial charge in [-0.1, -0.05) is 13.8 Å². The molecular formula is C16H19NOS. The maximum absolute atomic E-state index is 9.34. The van der Waals surface area contributed by atoms with Crippen LogP contribution in [0.3, 0.4) is 0 Å². The van der Waals surface area contributed by atoms with Crippen molar-refractivity contribution in [1.29, 1.82) is 0 Å². The largest absolute Gasteiger partial charge is 0.508 e. The Kier molecular flexibility index (Phi) is 3.31. The minimum absolute atomic E-state index is 0.310. The van der Waals surface area contributed by atoms with Gasteiger partial charge in [-0.25, -0.2) is 4.98 Å². The van der Waals surface area contributed by atoms with E-state index in [0.29, 0.717) is 5.75 Å². The molecule has 2 nitrogen and oxygen atoms in total. The highest BCUT2D eigenvalue weighted by molar-refractivity contribution is 7.15. The maximum atomic E-state index is 9.34. The van der Waals surface area contributed by atoms with E-state index < -0.39 is 0 Å². The third-order valence-corrected chi connectivity index (χ3v) is 5.20. The van der Waals surface area contributed by atoms with Gasteiger partial charge >= 0.3 is 0 Å². The molecule has 0 aliphatic heterocycles. The summed E-state index contributed by atoms with van der Waals surface area (Å²) >= 11 is 1.82. The van der Waals surface area contributed by atoms with E-state index in [4.69, 9.17) is 4.98 Å². The van der Waals surface area contributed by atoms with Gasteiger partial charge in [0, 0.05) is 10.4 Å². The van der Waals surface area contributed by atoms with Crippen molar-refractivity contribution in [2.45, 2.75) is 33.1 Å². The highest BCUT2D eigenvalue weighted by Crippen LogP contribution is 2.36. The van der Waals surface area contributed by atoms with Gasteiger partial charge < -0.3 is 5.11 Å². The van der Waals surface area contributed by atoms with Crippen LogP contribution in [0.15, 0.2) is 24.3 Å². The van der Waals surface area contributed by atoms with Gasteiger partial charge in [-0.2, -0.15) is 0 Å². The van der Waals surface area contributed by atoms with E-state index >= 15 is 0 Å². The van der Waals surface area contributed by atoms with Crippen molar-refractivity contribution < 1.29 is 5.11 Å². The standard InChI is InChI=1S/C16H19NOS/c1-10(2)12-5-8-14-15(9-12)19-16(17-14)11-3-6-13(18)7-4-11/h3-4,6-7,10,12,18H,5,8-9H2,1-2H3. The molecule has 1 aromatic carbocycles. The molecule has 0 amide bonds. The van der Waals surface area contributed by atoms with E-state index in [1.165, 1.54) is 23.4 Å². The van der Waals surface area contributed by atoms with Crippen LogP contribution in [0, 0.1) is 11.8 Å². The fraction of sp³-hybridized carbons (Fsp3) is 0.438. The molecule has 100 valence electrons. The monoisotopic (exact) mass is 273 g/mol. The number of hydrogen-bond acceptors (Lipinski definition) is 3. The van der Waals surface area contributed by atoms with E-state index in [0.717, 1.165) is 28.8 Å². The van der Waals surface area contributed by atoms with E-state index in [2.05, 4.69) is 13.8 Å². The molecule has 19 heavy (non-hydrogen) atoms. The molecular weight excluding hydrogens is 254 g/mol. The summed E-state index contributed by atoms with van der Waals surface area (Å²) in [5.74, 6) is 1.87. The third kappa shape index (κ3) is 2.52. The van der Waals surface area contributed by atoms with Crippen LogP contribution in [0.25, 0.3) is 10.6 Å². The van der Waals surface area contributed by atoms with Crippen molar-refractivity contribution >= 4 is 11.3 Å². The lowest BCUT2D eigenvalue weighted by atomic mass is 9.83. The predicted molar refractivity (Wildman–Crippen MR) is 79.6 cm³/mol. The van der Waals surface area contributed by atoms with Crippen LogP contribution in [0.2, 0.25) is 0 Å². The summed E-state index contributed by atoms with van der Waals surface area (Å²) in [4.78, 5) is 6.25. The van der Waals surface area contributed by atoms with Crippen molar-refractivity contribution in [3.05, 3.63) is 34.8 Å². The number of fused-ring (bicyclic) bond motifs is 1. The van der Waals surface area contributed by atoms with Crippen LogP contribution in [-0.2, 0) is 12.8 Å². The normalized spacial score (nSPS) is 18.6. The van der Waals surface area contributed by atoms with Crippen molar-refractivity contribution in [2.24, 2.45) is 11.8 Å². The van der Waals surface area contributed by atoms with Gasteiger partial charge in [0.1, 0.15) is 10.8 Å². The van der Waals surface area contributed by atoms with E-state index in [-0.39, 0.29) is 0 Å². The molecule has 1 aliphatic carbocycles. The zero-order chi connectivity index (χ0) is 13.4. The number of nitrogens with zero attached hydrogens (tertiary/aromatic N) is 1. The van der Waals surface area contributed by atoms with Crippen LogP contribution in [0.1, 0.15) is 30.8 Å². The lowest BCUT2D eigenvalue weighted by molar-refractivity contribution is 0.344. The number of phenols is 1. The molecule has 1 heterocycles. The van der Waals surface area contributed by atoms with E-state index in [1.54, 1.807) is 12.1 Å². The Hall–Kier alpha value is -1.35. The molecule has 3 rings (SSSR count). The number of aromatic hydroxyl groups is 1. The first kappa shape index (κ1) is 12.7. The number of phenolic OH excluding ortho intramolecular Hbond substituents is 1. The zero-order valence-electron chi connectivity index (χ0n) is 11.4. The average Bonchev–Trinajstić information content (AvgIpc) is 2.82. The van der Waals surface area contributed by atoms with Crippen molar-refractivity contribution in [3.8, 4) is 16.3 Å². The second-order valence-corrected chi connectivity index (χ2v) is 6.77. The lowest BCUT2D eigenvalue weighted by Crippen LogP contribution is -2.17. The first-order chi connectivity index (χ1) is 9.13. The van der Waals surface area contributed by atoms with Gasteiger partial charge in [-0.15, -0.1) is 11.3 Å². The quantitative estimate of drug-likeness (QED) is 0.886. The second kappa shape index (κ2) is 4.97. The highest BCUT2D eigenvalue weighted by Gasteiger charge is 2.24. The predicted octanol–water partition coefficient (Wildman–Crippen LogP) is 4.28. The Morgan fingerprint density at radius 3 is 2.68 bits per heavy atom. The van der Waals surface area contributed by atoms with Gasteiger partial charge in [0.05, 0.1) is 5.69 Å². The fourth-order valence-corrected chi connectivity index (χ4v) is 3.90. The summed E-state index contributed by atoms with van der Waals surface area (Å²) in [5.41, 5.74) is 2.41. The number of rotatable bonds is 2. The summed E-state index contributed by atoms with van der Waals surface area (Å²) in [6.07, 6.45) is 3.57. The summed E-state index contributed by atoms with van der Waals surface area (Å²) < 4.78 is 0. The van der Waals surface area contributed by atoms with E-state index in [1.807, 2.05) is 23.5 Å². The summed E-state index contributed by atoms with van der Waals surface area (Å²) in [7, 11) is 0. The molecule has 2 aromatic rings. The summed E-state index contributed by atoms with van der Waals surface area (Å²) in [6.45, 7) is 4.63. The van der Waals surface area contributed by atoms with Crippen LogP contribution in [-0.4, -0.2) is 10.1 Å². The zero-order valence-corrected chi connectivity index (χ0v) is 12.2. The number of hydrogen-bond donors (Lipinski definition) is 1. The van der Waals surface area contributed by atoms with Crippen molar-refractivity contribution in [2.75, 3.05) is 0 Å². The Balaban J connectivity index is 1.89. The van der Waals surface area contributed by atoms with Crippen LogP contribution >= 0.6 is 11.3 Å². The SMILES string of the molecule is CC(C)C1CCc2nc(-c3ccc(O)cc3)sc2C1. The highest BCUT2D eigenvalue weighted by atomic mass is 32.1. The number of aryl methyl sites for hydroxylation is 1. The summed E-state index contributed by atoms with van der Waals surface area (Å²) in [5, 5.41) is 10.4. The molecule has 0 radical (unpaired) electrons. The smallest absolute Gasteiger partial charge is 0.123 e. The molecule has 3 heteroatoms. The van der Waals surface area contributed by atoms with Gasteiger partial charge in [0.15, 0.2) is 0 Å². The number of aromatic nitrogens is 1. The number of benzene rings is 1. The Morgan fingerprint density at radius 1 is 1.26 bits per heavy atom. The Morgan fingerprint density at radius 2 is 2.00 bits per heavy atom. The number of thiazole rings is 1. The fourth-order valence-electron chi connectivity index (χ4n) is 2.70. The van der Waals surface area contributed by atoms with Gasteiger partial charge in [-0.05, 0) is 55.4 Å². The molecule has 1 aromatic heterocycles. The first-order valence-corrected chi connectivity index (χ1v) is 7.73. The molecule has 0 saturated carbocycles. The minimum atomic E-state index is 0.310. The molecule has 1 atom stereocenters. The molecule has 0 bridgehead atoms. The molecule has 1 N–H and O–H groups in total. The van der Waals surface area contributed by atoms with Crippen LogP contribution < -0.4 is 0 Å². The third-order valence-electron chi connectivity index (χ3n) is 4.03. The molecule has 0 saturated heterocycles. The minimum Gasteiger partial charge on any atom is -0.508 e. The van der Waals surface area contributed by atoms with Gasteiger partial charge in [-0.3, -0.25) is 0 Å². The Labute approximate surface area is 118 Å². The van der Waals surface area contributed by atoms with Gasteiger partial charge in [0.25, 0.3) is 0 Å². The Bertz CT molecular complexity index is 571. The topological polar surface area (TPSA) is 33.1 Å². The molecule has 1 unspecified atom stereocenters. The maximum Gasteiger partial charge on any atom is 0.123 e. The summed E-state index contributed by atoms with van der Waals surface area (Å²) in [6, 6.07) is 7.35. The molecule has 0 fully saturated rings. The second-order valence-electron chi connectivity index (χ2n) is 5.68. The van der Waals surface area contributed by atoms with Crippen LogP contribution in [0.5, 0.6) is 5.75 Å². The van der Waals surface area contributed by atoms with Crippen molar-refractivity contribution in [1.82, 2.24) is 4.98 Å². The van der Waals surface area contributed by atoms with Gasteiger partial charge in [0.2, 0.25) is 0 Å². The first-order valence-electron chi connectivity index (χ1n) is 6.91. The van der Waals surface area contributed by atoms with E-state index in [9.17, 15) is 5.11 Å². The molecule has 0 spiro atoms. The lowest BCUT2D eigenvalue weighted by Gasteiger charge is -2.24. The van der Waals surface area contributed by atoms with Crippen LogP contribution in [0.4, 0.5) is 0 Å². The average molecular weight is 273 g/mol. The molecule has 1 aliphatic rings. The van der Waals surface area contributed by atoms with Crippen molar-refractivity contribution in [3.63, 3.8) is 0 Å².